The van der Waals surface area contributed by atoms with E-state index < -0.39 is 12.0 Å². The fourth-order valence-electron chi connectivity index (χ4n) is 2.88. The van der Waals surface area contributed by atoms with E-state index in [4.69, 9.17) is 0 Å². The summed E-state index contributed by atoms with van der Waals surface area (Å²) in [6.45, 7) is 1.50. The van der Waals surface area contributed by atoms with E-state index in [0.717, 1.165) is 17.7 Å². The Morgan fingerprint density at radius 2 is 1.65 bits per heavy atom. The van der Waals surface area contributed by atoms with Crippen molar-refractivity contribution in [2.75, 3.05) is 6.54 Å². The van der Waals surface area contributed by atoms with Gasteiger partial charge in [0.15, 0.2) is 0 Å². The number of carboxylic acids is 1. The smallest absolute Gasteiger partial charge is 0.321 e. The second-order valence-electron chi connectivity index (χ2n) is 5.22. The van der Waals surface area contributed by atoms with Crippen LogP contribution in [0.3, 0.4) is 0 Å². The van der Waals surface area contributed by atoms with Gasteiger partial charge >= 0.3 is 5.97 Å². The molecule has 1 heterocycles. The van der Waals surface area contributed by atoms with Gasteiger partial charge in [0.05, 0.1) is 0 Å². The van der Waals surface area contributed by atoms with Crippen molar-refractivity contribution in [1.29, 1.82) is 0 Å². The van der Waals surface area contributed by atoms with Crippen molar-refractivity contribution in [2.45, 2.75) is 18.5 Å². The normalized spacial score (nSPS) is 22.2. The fraction of sp³-hybridized carbons (Fsp3) is 0.235. The topological polar surface area (TPSA) is 40.5 Å². The first-order valence-electron chi connectivity index (χ1n) is 6.81. The Bertz CT molecular complexity index is 582. The maximum atomic E-state index is 11.5. The number of nitrogens with zero attached hydrogens (tertiary/aromatic N) is 1. The highest BCUT2D eigenvalue weighted by Gasteiger charge is 2.44. The molecule has 0 aliphatic carbocycles. The molecule has 0 saturated carbocycles. The molecule has 2 aromatic carbocycles. The molecular formula is C17H17NO2. The third kappa shape index (κ3) is 2.45. The summed E-state index contributed by atoms with van der Waals surface area (Å²) >= 11 is 0. The van der Waals surface area contributed by atoms with E-state index >= 15 is 0 Å². The van der Waals surface area contributed by atoms with Crippen molar-refractivity contribution in [3.8, 4) is 0 Å². The molecular weight excluding hydrogens is 250 g/mol. The zero-order chi connectivity index (χ0) is 13.9. The largest absolute Gasteiger partial charge is 0.480 e. The molecule has 0 aromatic heterocycles. The molecule has 1 aliphatic rings. The van der Waals surface area contributed by atoms with E-state index in [-0.39, 0.29) is 5.92 Å². The molecule has 0 radical (unpaired) electrons. The molecule has 1 N–H and O–H groups in total. The first kappa shape index (κ1) is 12.9. The molecule has 102 valence electrons. The van der Waals surface area contributed by atoms with Gasteiger partial charge < -0.3 is 5.11 Å². The number of rotatable bonds is 4. The highest BCUT2D eigenvalue weighted by Crippen LogP contribution is 2.35. The lowest BCUT2D eigenvalue weighted by Gasteiger charge is -2.46. The summed E-state index contributed by atoms with van der Waals surface area (Å²) in [7, 11) is 0. The summed E-state index contributed by atoms with van der Waals surface area (Å²) in [5, 5.41) is 9.47. The molecule has 2 atom stereocenters. The predicted octanol–water partition coefficient (Wildman–Crippen LogP) is 2.74. The maximum Gasteiger partial charge on any atom is 0.321 e. The van der Waals surface area contributed by atoms with Gasteiger partial charge in [-0.05, 0) is 11.1 Å². The second-order valence-corrected chi connectivity index (χ2v) is 5.22. The van der Waals surface area contributed by atoms with Gasteiger partial charge in [0.2, 0.25) is 0 Å². The summed E-state index contributed by atoms with van der Waals surface area (Å²) in [6.07, 6.45) is 0. The van der Waals surface area contributed by atoms with E-state index in [2.05, 4.69) is 0 Å². The standard InChI is InChI=1S/C17H17NO2/c19-17(20)16-15(14-9-5-2-6-10-14)12-18(16)11-13-7-3-1-4-8-13/h1-10,15-16H,11-12H2,(H,19,20)/t15-,16+/m0/s1. The van der Waals surface area contributed by atoms with E-state index in [1.807, 2.05) is 65.6 Å². The number of aliphatic carboxylic acids is 1. The number of likely N-dealkylation sites (tertiary alicyclic amines) is 1. The SMILES string of the molecule is O=C(O)[C@H]1[C@H](c2ccccc2)CN1Cc1ccccc1. The molecule has 0 bridgehead atoms. The fourth-order valence-corrected chi connectivity index (χ4v) is 2.88. The van der Waals surface area contributed by atoms with Gasteiger partial charge in [0.25, 0.3) is 0 Å². The molecule has 0 amide bonds. The van der Waals surface area contributed by atoms with Gasteiger partial charge in [-0.25, -0.2) is 0 Å². The second kappa shape index (κ2) is 5.47. The van der Waals surface area contributed by atoms with Crippen molar-refractivity contribution < 1.29 is 9.90 Å². The van der Waals surface area contributed by atoms with E-state index in [1.54, 1.807) is 0 Å². The Balaban J connectivity index is 1.74. The lowest BCUT2D eigenvalue weighted by atomic mass is 9.82. The van der Waals surface area contributed by atoms with Gasteiger partial charge in [-0.1, -0.05) is 60.7 Å². The van der Waals surface area contributed by atoms with Crippen molar-refractivity contribution >= 4 is 5.97 Å². The van der Waals surface area contributed by atoms with Crippen molar-refractivity contribution in [2.24, 2.45) is 0 Å². The molecule has 3 nitrogen and oxygen atoms in total. The third-order valence-corrected chi connectivity index (χ3v) is 3.91. The molecule has 1 fully saturated rings. The summed E-state index contributed by atoms with van der Waals surface area (Å²) in [4.78, 5) is 13.5. The number of hydrogen-bond donors (Lipinski definition) is 1. The van der Waals surface area contributed by atoms with Crippen LogP contribution in [0, 0.1) is 0 Å². The predicted molar refractivity (Wildman–Crippen MR) is 77.5 cm³/mol. The lowest BCUT2D eigenvalue weighted by molar-refractivity contribution is -0.150. The van der Waals surface area contributed by atoms with Crippen LogP contribution >= 0.6 is 0 Å². The van der Waals surface area contributed by atoms with Gasteiger partial charge in [-0.2, -0.15) is 0 Å². The molecule has 3 rings (SSSR count). The highest BCUT2D eigenvalue weighted by molar-refractivity contribution is 5.76. The highest BCUT2D eigenvalue weighted by atomic mass is 16.4. The van der Waals surface area contributed by atoms with Crippen LogP contribution in [0.25, 0.3) is 0 Å². The number of benzene rings is 2. The Kier molecular flexibility index (Phi) is 3.52. The Morgan fingerprint density at radius 1 is 1.05 bits per heavy atom. The van der Waals surface area contributed by atoms with Gasteiger partial charge in [0, 0.05) is 19.0 Å². The van der Waals surface area contributed by atoms with Gasteiger partial charge in [-0.3, -0.25) is 9.69 Å². The van der Waals surface area contributed by atoms with Crippen LogP contribution in [0.15, 0.2) is 60.7 Å². The molecule has 0 unspecified atom stereocenters. The Hall–Kier alpha value is -2.13. The first-order valence-corrected chi connectivity index (χ1v) is 6.81. The Morgan fingerprint density at radius 3 is 2.25 bits per heavy atom. The van der Waals surface area contributed by atoms with Crippen LogP contribution in [0.5, 0.6) is 0 Å². The summed E-state index contributed by atoms with van der Waals surface area (Å²) in [6, 6.07) is 19.5. The van der Waals surface area contributed by atoms with E-state index in [9.17, 15) is 9.90 Å². The molecule has 0 spiro atoms. The minimum atomic E-state index is -0.735. The van der Waals surface area contributed by atoms with Gasteiger partial charge in [-0.15, -0.1) is 0 Å². The number of carboxylic acid groups (broad SMARTS) is 1. The monoisotopic (exact) mass is 267 g/mol. The number of hydrogen-bond acceptors (Lipinski definition) is 2. The van der Waals surface area contributed by atoms with E-state index in [1.165, 1.54) is 0 Å². The zero-order valence-electron chi connectivity index (χ0n) is 11.1. The quantitative estimate of drug-likeness (QED) is 0.926. The van der Waals surface area contributed by atoms with Crippen LogP contribution in [-0.4, -0.2) is 28.6 Å². The first-order chi connectivity index (χ1) is 9.75. The lowest BCUT2D eigenvalue weighted by Crippen LogP contribution is -2.57. The van der Waals surface area contributed by atoms with Crippen LogP contribution in [-0.2, 0) is 11.3 Å². The molecule has 2 aromatic rings. The van der Waals surface area contributed by atoms with Crippen LogP contribution in [0.2, 0.25) is 0 Å². The average Bonchev–Trinajstić information content (AvgIpc) is 2.44. The summed E-state index contributed by atoms with van der Waals surface area (Å²) in [5.41, 5.74) is 2.27. The zero-order valence-corrected chi connectivity index (χ0v) is 11.1. The maximum absolute atomic E-state index is 11.5. The summed E-state index contributed by atoms with van der Waals surface area (Å²) < 4.78 is 0. The van der Waals surface area contributed by atoms with E-state index in [0.29, 0.717) is 6.54 Å². The van der Waals surface area contributed by atoms with Crippen LogP contribution < -0.4 is 0 Å². The third-order valence-electron chi connectivity index (χ3n) is 3.91. The Labute approximate surface area is 118 Å². The van der Waals surface area contributed by atoms with Crippen molar-refractivity contribution in [1.82, 2.24) is 4.90 Å². The molecule has 20 heavy (non-hydrogen) atoms. The van der Waals surface area contributed by atoms with Crippen LogP contribution in [0.1, 0.15) is 17.0 Å². The number of carbonyl (C=O) groups is 1. The molecule has 3 heteroatoms. The molecule has 1 saturated heterocycles. The van der Waals surface area contributed by atoms with Gasteiger partial charge in [0.1, 0.15) is 6.04 Å². The average molecular weight is 267 g/mol. The molecule has 1 aliphatic heterocycles. The van der Waals surface area contributed by atoms with Crippen molar-refractivity contribution in [3.63, 3.8) is 0 Å². The van der Waals surface area contributed by atoms with Crippen LogP contribution in [0.4, 0.5) is 0 Å². The van der Waals surface area contributed by atoms with Crippen molar-refractivity contribution in [3.05, 3.63) is 71.8 Å². The summed E-state index contributed by atoms with van der Waals surface area (Å²) in [5.74, 6) is -0.640. The minimum absolute atomic E-state index is 0.0948. The minimum Gasteiger partial charge on any atom is -0.480 e.